The van der Waals surface area contributed by atoms with Gasteiger partial charge in [-0.05, 0) is 29.7 Å². The number of aromatic nitrogens is 1. The summed E-state index contributed by atoms with van der Waals surface area (Å²) in [6, 6.07) is 14.9. The van der Waals surface area contributed by atoms with Crippen LogP contribution in [0.25, 0.3) is 10.9 Å². The Morgan fingerprint density at radius 1 is 1.15 bits per heavy atom. The van der Waals surface area contributed by atoms with Crippen LogP contribution in [0.4, 0.5) is 0 Å². The molecule has 0 saturated carbocycles. The zero-order chi connectivity index (χ0) is 18.5. The van der Waals surface area contributed by atoms with Gasteiger partial charge in [-0.2, -0.15) is 0 Å². The van der Waals surface area contributed by atoms with Crippen LogP contribution in [0.15, 0.2) is 54.7 Å². The second-order valence-corrected chi connectivity index (χ2v) is 6.63. The number of nitrogens with two attached hydrogens (primary N) is 1. The molecule has 27 heavy (non-hydrogen) atoms. The minimum atomic E-state index is -0.727. The van der Waals surface area contributed by atoms with Gasteiger partial charge in [-0.1, -0.05) is 48.0 Å². The van der Waals surface area contributed by atoms with Crippen LogP contribution in [0.5, 0.6) is 0 Å². The fourth-order valence-electron chi connectivity index (χ4n) is 3.13. The van der Waals surface area contributed by atoms with Crippen molar-refractivity contribution in [1.29, 1.82) is 0 Å². The van der Waals surface area contributed by atoms with E-state index in [1.807, 2.05) is 54.7 Å². The van der Waals surface area contributed by atoms with Crippen molar-refractivity contribution >= 4 is 40.8 Å². The van der Waals surface area contributed by atoms with E-state index in [-0.39, 0.29) is 37.3 Å². The molecule has 2 atom stereocenters. The lowest BCUT2D eigenvalue weighted by molar-refractivity contribution is -0.122. The molecule has 0 aliphatic heterocycles. The SMILES string of the molecule is Cl.N[C@@H](CCO)C(=O)NCC(c1ccccc1Cl)c1c[nH]c2ccccc12. The first-order valence-corrected chi connectivity index (χ1v) is 8.94. The van der Waals surface area contributed by atoms with Crippen molar-refractivity contribution < 1.29 is 9.90 Å². The molecular weight excluding hydrogens is 385 g/mol. The highest BCUT2D eigenvalue weighted by molar-refractivity contribution is 6.31. The fourth-order valence-corrected chi connectivity index (χ4v) is 3.40. The number of para-hydroxylation sites is 1. The first-order valence-electron chi connectivity index (χ1n) is 8.56. The molecule has 2 aromatic carbocycles. The van der Waals surface area contributed by atoms with Gasteiger partial charge >= 0.3 is 0 Å². The summed E-state index contributed by atoms with van der Waals surface area (Å²) >= 11 is 6.43. The van der Waals surface area contributed by atoms with E-state index in [0.717, 1.165) is 22.0 Å². The third-order valence-corrected chi connectivity index (χ3v) is 4.88. The molecule has 0 bridgehead atoms. The third-order valence-electron chi connectivity index (χ3n) is 4.53. The number of aliphatic hydroxyl groups excluding tert-OH is 1. The number of carbonyl (C=O) groups is 1. The lowest BCUT2D eigenvalue weighted by atomic mass is 9.90. The Hall–Kier alpha value is -2.05. The van der Waals surface area contributed by atoms with Crippen molar-refractivity contribution in [2.45, 2.75) is 18.4 Å². The molecule has 0 spiro atoms. The zero-order valence-corrected chi connectivity index (χ0v) is 16.3. The van der Waals surface area contributed by atoms with Crippen LogP contribution in [0.2, 0.25) is 5.02 Å². The Morgan fingerprint density at radius 2 is 1.85 bits per heavy atom. The molecule has 3 rings (SSSR count). The lowest BCUT2D eigenvalue weighted by Gasteiger charge is -2.20. The van der Waals surface area contributed by atoms with Crippen LogP contribution in [0, 0.1) is 0 Å². The molecule has 0 aliphatic carbocycles. The fraction of sp³-hybridized carbons (Fsp3) is 0.250. The highest BCUT2D eigenvalue weighted by Crippen LogP contribution is 2.34. The third kappa shape index (κ3) is 4.82. The molecule has 1 unspecified atom stereocenters. The molecule has 5 N–H and O–H groups in total. The van der Waals surface area contributed by atoms with E-state index in [4.69, 9.17) is 22.4 Å². The summed E-state index contributed by atoms with van der Waals surface area (Å²) in [5.74, 6) is -0.402. The van der Waals surface area contributed by atoms with Crippen molar-refractivity contribution in [3.63, 3.8) is 0 Å². The molecule has 1 aromatic heterocycles. The summed E-state index contributed by atoms with van der Waals surface area (Å²) in [6.07, 6.45) is 2.19. The number of aromatic amines is 1. The van der Waals surface area contributed by atoms with E-state index >= 15 is 0 Å². The lowest BCUT2D eigenvalue weighted by Crippen LogP contribution is -2.42. The molecule has 0 radical (unpaired) electrons. The maximum Gasteiger partial charge on any atom is 0.237 e. The van der Waals surface area contributed by atoms with Crippen molar-refractivity contribution in [2.24, 2.45) is 5.73 Å². The summed E-state index contributed by atoms with van der Waals surface area (Å²) in [5.41, 5.74) is 8.82. The number of carbonyl (C=O) groups excluding carboxylic acids is 1. The van der Waals surface area contributed by atoms with Gasteiger partial charge in [0.1, 0.15) is 0 Å². The molecule has 7 heteroatoms. The van der Waals surface area contributed by atoms with E-state index in [0.29, 0.717) is 11.6 Å². The molecule has 0 saturated heterocycles. The summed E-state index contributed by atoms with van der Waals surface area (Å²) in [6.45, 7) is 0.245. The first-order chi connectivity index (χ1) is 12.6. The molecular formula is C20H23Cl2N3O2. The van der Waals surface area contributed by atoms with Gasteiger partial charge in [0.05, 0.1) is 6.04 Å². The van der Waals surface area contributed by atoms with Crippen molar-refractivity contribution in [2.75, 3.05) is 13.2 Å². The number of rotatable bonds is 7. The molecule has 0 fully saturated rings. The second-order valence-electron chi connectivity index (χ2n) is 6.23. The zero-order valence-electron chi connectivity index (χ0n) is 14.7. The van der Waals surface area contributed by atoms with Crippen molar-refractivity contribution in [1.82, 2.24) is 10.3 Å². The summed E-state index contributed by atoms with van der Waals surface area (Å²) in [4.78, 5) is 15.5. The summed E-state index contributed by atoms with van der Waals surface area (Å²) in [5, 5.41) is 13.6. The molecule has 1 heterocycles. The van der Waals surface area contributed by atoms with Gasteiger partial charge in [-0.25, -0.2) is 0 Å². The predicted octanol–water partition coefficient (Wildman–Crippen LogP) is 3.20. The maximum absolute atomic E-state index is 12.2. The molecule has 3 aromatic rings. The number of halogens is 2. The smallest absolute Gasteiger partial charge is 0.237 e. The number of H-pyrrole nitrogens is 1. The Morgan fingerprint density at radius 3 is 2.59 bits per heavy atom. The van der Waals surface area contributed by atoms with Gasteiger partial charge in [0.25, 0.3) is 0 Å². The van der Waals surface area contributed by atoms with Crippen LogP contribution in [-0.2, 0) is 4.79 Å². The van der Waals surface area contributed by atoms with Gasteiger partial charge in [-0.3, -0.25) is 4.79 Å². The van der Waals surface area contributed by atoms with Gasteiger partial charge in [0, 0.05) is 41.2 Å². The summed E-state index contributed by atoms with van der Waals surface area (Å²) < 4.78 is 0. The average molecular weight is 408 g/mol. The molecule has 5 nitrogen and oxygen atoms in total. The minimum absolute atomic E-state index is 0. The normalized spacial score (nSPS) is 13.0. The molecule has 144 valence electrons. The van der Waals surface area contributed by atoms with E-state index < -0.39 is 6.04 Å². The summed E-state index contributed by atoms with van der Waals surface area (Å²) in [7, 11) is 0. The highest BCUT2D eigenvalue weighted by Gasteiger charge is 2.22. The van der Waals surface area contributed by atoms with E-state index in [1.54, 1.807) is 0 Å². The van der Waals surface area contributed by atoms with Crippen molar-refractivity contribution in [3.8, 4) is 0 Å². The van der Waals surface area contributed by atoms with Crippen molar-refractivity contribution in [3.05, 3.63) is 70.9 Å². The maximum atomic E-state index is 12.2. The largest absolute Gasteiger partial charge is 0.396 e. The highest BCUT2D eigenvalue weighted by atomic mass is 35.5. The minimum Gasteiger partial charge on any atom is -0.396 e. The Labute approximate surface area is 169 Å². The molecule has 0 aliphatic rings. The van der Waals surface area contributed by atoms with Crippen LogP contribution in [0.3, 0.4) is 0 Å². The topological polar surface area (TPSA) is 91.1 Å². The Kier molecular flexibility index (Phi) is 7.68. The number of hydrogen-bond donors (Lipinski definition) is 4. The number of amides is 1. The monoisotopic (exact) mass is 407 g/mol. The van der Waals surface area contributed by atoms with Gasteiger partial charge < -0.3 is 21.1 Å². The van der Waals surface area contributed by atoms with Gasteiger partial charge in [0.15, 0.2) is 0 Å². The number of benzene rings is 2. The Bertz CT molecular complexity index is 898. The predicted molar refractivity (Wildman–Crippen MR) is 112 cm³/mol. The number of fused-ring (bicyclic) bond motifs is 1. The number of nitrogens with one attached hydrogen (secondary N) is 2. The molecule has 1 amide bonds. The first kappa shape index (κ1) is 21.3. The van der Waals surface area contributed by atoms with Crippen LogP contribution >= 0.6 is 24.0 Å². The second kappa shape index (κ2) is 9.76. The van der Waals surface area contributed by atoms with Gasteiger partial charge in [0.2, 0.25) is 5.91 Å². The standard InChI is InChI=1S/C20H22ClN3O2.ClH/c21-17-7-3-1-5-13(17)15(12-24-20(26)18(22)9-10-25)16-11-23-19-8-4-2-6-14(16)19;/h1-8,11,15,18,23,25H,9-10,12,22H2,(H,24,26);1H/t15?,18-;/m0./s1. The van der Waals surface area contributed by atoms with E-state index in [9.17, 15) is 4.79 Å². The van der Waals surface area contributed by atoms with Crippen LogP contribution in [0.1, 0.15) is 23.5 Å². The quantitative estimate of drug-likeness (QED) is 0.484. The van der Waals surface area contributed by atoms with Gasteiger partial charge in [-0.15, -0.1) is 12.4 Å². The van der Waals surface area contributed by atoms with E-state index in [2.05, 4.69) is 10.3 Å². The number of aliphatic hydroxyl groups is 1. The Balaban J connectivity index is 0.00000261. The van der Waals surface area contributed by atoms with E-state index in [1.165, 1.54) is 0 Å². The van der Waals surface area contributed by atoms with Crippen LogP contribution < -0.4 is 11.1 Å². The van der Waals surface area contributed by atoms with Crippen LogP contribution in [-0.4, -0.2) is 35.2 Å². The number of hydrogen-bond acceptors (Lipinski definition) is 3. The average Bonchev–Trinajstić information content (AvgIpc) is 3.07.